The van der Waals surface area contributed by atoms with Crippen molar-refractivity contribution in [3.05, 3.63) is 46.1 Å². The SMILES string of the molecule is COc1ccc(C(=O)OCC(=O)Nc2ncc(Cl)cc2Cl)c(OC)c1. The van der Waals surface area contributed by atoms with Gasteiger partial charge in [-0.1, -0.05) is 23.2 Å². The molecule has 9 heteroatoms. The molecule has 0 saturated heterocycles. The Morgan fingerprint density at radius 1 is 1.16 bits per heavy atom. The second-order valence-corrected chi connectivity index (χ2v) is 5.52. The van der Waals surface area contributed by atoms with Crippen molar-refractivity contribution in [3.8, 4) is 11.5 Å². The quantitative estimate of drug-likeness (QED) is 0.769. The highest BCUT2D eigenvalue weighted by Gasteiger charge is 2.17. The van der Waals surface area contributed by atoms with Crippen LogP contribution in [0.25, 0.3) is 0 Å². The van der Waals surface area contributed by atoms with Crippen molar-refractivity contribution in [2.45, 2.75) is 0 Å². The van der Waals surface area contributed by atoms with Gasteiger partial charge in [0.2, 0.25) is 0 Å². The van der Waals surface area contributed by atoms with E-state index in [1.165, 1.54) is 38.6 Å². The van der Waals surface area contributed by atoms with Crippen LogP contribution in [0.1, 0.15) is 10.4 Å². The molecule has 0 unspecified atom stereocenters. The Balaban J connectivity index is 1.98. The number of aromatic nitrogens is 1. The van der Waals surface area contributed by atoms with Gasteiger partial charge in [0.15, 0.2) is 12.4 Å². The number of ether oxygens (including phenoxy) is 3. The average Bonchev–Trinajstić information content (AvgIpc) is 2.61. The fourth-order valence-electron chi connectivity index (χ4n) is 1.85. The van der Waals surface area contributed by atoms with Gasteiger partial charge in [-0.05, 0) is 18.2 Å². The molecule has 2 rings (SSSR count). The number of esters is 1. The number of benzene rings is 1. The zero-order chi connectivity index (χ0) is 18.4. The summed E-state index contributed by atoms with van der Waals surface area (Å²) in [4.78, 5) is 27.9. The fraction of sp³-hybridized carbons (Fsp3) is 0.188. The lowest BCUT2D eigenvalue weighted by molar-refractivity contribution is -0.119. The Hall–Kier alpha value is -2.51. The van der Waals surface area contributed by atoms with E-state index in [2.05, 4.69) is 10.3 Å². The van der Waals surface area contributed by atoms with Gasteiger partial charge in [-0.15, -0.1) is 0 Å². The van der Waals surface area contributed by atoms with E-state index in [9.17, 15) is 9.59 Å². The summed E-state index contributed by atoms with van der Waals surface area (Å²) in [6.45, 7) is -0.519. The molecule has 0 aliphatic carbocycles. The van der Waals surface area contributed by atoms with Crippen LogP contribution >= 0.6 is 23.2 Å². The molecule has 1 aromatic heterocycles. The maximum atomic E-state index is 12.1. The lowest BCUT2D eigenvalue weighted by atomic mass is 10.2. The predicted octanol–water partition coefficient (Wildman–Crippen LogP) is 3.20. The topological polar surface area (TPSA) is 86.8 Å². The number of halogens is 2. The number of pyridine rings is 1. The number of hydrogen-bond donors (Lipinski definition) is 1. The van der Waals surface area contributed by atoms with Crippen molar-refractivity contribution in [1.82, 2.24) is 4.98 Å². The minimum Gasteiger partial charge on any atom is -0.497 e. The van der Waals surface area contributed by atoms with Crippen molar-refractivity contribution in [2.24, 2.45) is 0 Å². The van der Waals surface area contributed by atoms with Gasteiger partial charge in [-0.3, -0.25) is 4.79 Å². The van der Waals surface area contributed by atoms with Crippen LogP contribution in [0.5, 0.6) is 11.5 Å². The van der Waals surface area contributed by atoms with Crippen LogP contribution in [0, 0.1) is 0 Å². The molecule has 132 valence electrons. The number of carbonyl (C=O) groups is 2. The molecular weight excluding hydrogens is 371 g/mol. The van der Waals surface area contributed by atoms with E-state index in [0.29, 0.717) is 10.8 Å². The number of hydrogen-bond acceptors (Lipinski definition) is 6. The third-order valence-corrected chi connectivity index (χ3v) is 3.52. The minimum absolute atomic E-state index is 0.120. The molecule has 0 aliphatic rings. The summed E-state index contributed by atoms with van der Waals surface area (Å²) in [5.74, 6) is -0.404. The van der Waals surface area contributed by atoms with Crippen molar-refractivity contribution in [3.63, 3.8) is 0 Å². The zero-order valence-corrected chi connectivity index (χ0v) is 14.9. The van der Waals surface area contributed by atoms with Gasteiger partial charge in [-0.25, -0.2) is 9.78 Å². The normalized spacial score (nSPS) is 10.1. The molecule has 1 amide bonds. The van der Waals surface area contributed by atoms with E-state index in [-0.39, 0.29) is 22.2 Å². The van der Waals surface area contributed by atoms with Gasteiger partial charge in [0, 0.05) is 12.3 Å². The van der Waals surface area contributed by atoms with E-state index in [0.717, 1.165) is 0 Å². The summed E-state index contributed by atoms with van der Waals surface area (Å²) in [6, 6.07) is 6.03. The Bertz CT molecular complexity index is 798. The largest absolute Gasteiger partial charge is 0.497 e. The van der Waals surface area contributed by atoms with Gasteiger partial charge in [0.1, 0.15) is 17.1 Å². The van der Waals surface area contributed by atoms with Gasteiger partial charge in [0.25, 0.3) is 5.91 Å². The molecule has 1 N–H and O–H groups in total. The third kappa shape index (κ3) is 4.98. The minimum atomic E-state index is -0.718. The molecule has 0 spiro atoms. The zero-order valence-electron chi connectivity index (χ0n) is 13.3. The highest BCUT2D eigenvalue weighted by molar-refractivity contribution is 6.36. The maximum absolute atomic E-state index is 12.1. The molecule has 7 nitrogen and oxygen atoms in total. The fourth-order valence-corrected chi connectivity index (χ4v) is 2.28. The van der Waals surface area contributed by atoms with Gasteiger partial charge >= 0.3 is 5.97 Å². The Morgan fingerprint density at radius 2 is 1.92 bits per heavy atom. The van der Waals surface area contributed by atoms with Gasteiger partial charge in [-0.2, -0.15) is 0 Å². The summed E-state index contributed by atoms with van der Waals surface area (Å²) in [5.41, 5.74) is 0.166. The number of nitrogens with zero attached hydrogens (tertiary/aromatic N) is 1. The average molecular weight is 385 g/mol. The Morgan fingerprint density at radius 3 is 2.56 bits per heavy atom. The Kier molecular flexibility index (Phi) is 6.44. The molecule has 0 radical (unpaired) electrons. The van der Waals surface area contributed by atoms with Crippen LogP contribution in [0.2, 0.25) is 10.0 Å². The molecule has 0 saturated carbocycles. The van der Waals surface area contributed by atoms with E-state index < -0.39 is 18.5 Å². The standard InChI is InChI=1S/C16H14Cl2N2O5/c1-23-10-3-4-11(13(6-10)24-2)16(22)25-8-14(21)20-15-12(18)5-9(17)7-19-15/h3-7H,8H2,1-2H3,(H,19,20,21). The highest BCUT2D eigenvalue weighted by Crippen LogP contribution is 2.25. The first-order chi connectivity index (χ1) is 11.9. The van der Waals surface area contributed by atoms with Gasteiger partial charge in [0.05, 0.1) is 24.3 Å². The molecule has 0 atom stereocenters. The molecule has 1 aromatic carbocycles. The molecule has 2 aromatic rings. The van der Waals surface area contributed by atoms with Crippen molar-refractivity contribution >= 4 is 40.9 Å². The summed E-state index contributed by atoms with van der Waals surface area (Å²) < 4.78 is 15.1. The van der Waals surface area contributed by atoms with Crippen LogP contribution in [-0.2, 0) is 9.53 Å². The molecule has 0 aliphatic heterocycles. The van der Waals surface area contributed by atoms with Crippen LogP contribution in [0.3, 0.4) is 0 Å². The van der Waals surface area contributed by atoms with Crippen LogP contribution < -0.4 is 14.8 Å². The predicted molar refractivity (Wildman–Crippen MR) is 92.7 cm³/mol. The number of rotatable bonds is 6. The first-order valence-corrected chi connectivity index (χ1v) is 7.70. The number of carbonyl (C=O) groups excluding carboxylic acids is 2. The lowest BCUT2D eigenvalue weighted by Gasteiger charge is -2.10. The summed E-state index contributed by atoms with van der Waals surface area (Å²) in [7, 11) is 2.90. The molecule has 1 heterocycles. The maximum Gasteiger partial charge on any atom is 0.342 e. The third-order valence-electron chi connectivity index (χ3n) is 3.03. The smallest absolute Gasteiger partial charge is 0.342 e. The first-order valence-electron chi connectivity index (χ1n) is 6.94. The Labute approximate surface area is 153 Å². The second kappa shape index (κ2) is 8.55. The number of anilines is 1. The first kappa shape index (κ1) is 18.8. The summed E-state index contributed by atoms with van der Waals surface area (Å²) >= 11 is 11.6. The summed E-state index contributed by atoms with van der Waals surface area (Å²) in [6.07, 6.45) is 1.33. The molecular formula is C16H14Cl2N2O5. The molecule has 25 heavy (non-hydrogen) atoms. The van der Waals surface area contributed by atoms with Crippen molar-refractivity contribution in [2.75, 3.05) is 26.1 Å². The lowest BCUT2D eigenvalue weighted by Crippen LogP contribution is -2.21. The molecule has 0 bridgehead atoms. The van der Waals surface area contributed by atoms with Crippen molar-refractivity contribution in [1.29, 1.82) is 0 Å². The van der Waals surface area contributed by atoms with E-state index in [4.69, 9.17) is 37.4 Å². The number of amides is 1. The van der Waals surface area contributed by atoms with Gasteiger partial charge < -0.3 is 19.5 Å². The monoisotopic (exact) mass is 384 g/mol. The van der Waals surface area contributed by atoms with E-state index >= 15 is 0 Å². The second-order valence-electron chi connectivity index (χ2n) is 4.67. The van der Waals surface area contributed by atoms with Crippen molar-refractivity contribution < 1.29 is 23.8 Å². The number of nitrogens with one attached hydrogen (secondary N) is 1. The summed E-state index contributed by atoms with van der Waals surface area (Å²) in [5, 5.41) is 2.93. The number of methoxy groups -OCH3 is 2. The van der Waals surface area contributed by atoms with E-state index in [1.807, 2.05) is 0 Å². The van der Waals surface area contributed by atoms with Crippen LogP contribution in [0.15, 0.2) is 30.5 Å². The molecule has 0 fully saturated rings. The van der Waals surface area contributed by atoms with Crippen LogP contribution in [0.4, 0.5) is 5.82 Å². The van der Waals surface area contributed by atoms with Crippen LogP contribution in [-0.4, -0.2) is 37.7 Å². The highest BCUT2D eigenvalue weighted by atomic mass is 35.5. The van der Waals surface area contributed by atoms with E-state index in [1.54, 1.807) is 6.07 Å².